The lowest BCUT2D eigenvalue weighted by molar-refractivity contribution is -0.144. The molecule has 0 amide bonds. The predicted molar refractivity (Wildman–Crippen MR) is 78.7 cm³/mol. The van der Waals surface area contributed by atoms with Crippen LogP contribution in [0.5, 0.6) is 0 Å². The summed E-state index contributed by atoms with van der Waals surface area (Å²) in [6.45, 7) is 5.05. The highest BCUT2D eigenvalue weighted by atomic mass is 35.5. The van der Waals surface area contributed by atoms with Gasteiger partial charge in [-0.1, -0.05) is 18.5 Å². The van der Waals surface area contributed by atoms with E-state index < -0.39 is 0 Å². The molecule has 0 spiro atoms. The first-order valence-corrected chi connectivity index (χ1v) is 7.68. The average Bonchev–Trinajstić information content (AvgIpc) is 2.41. The van der Waals surface area contributed by atoms with Crippen LogP contribution >= 0.6 is 23.4 Å². The number of thioether (sulfide) groups is 1. The number of hydrogen-bond acceptors (Lipinski definition) is 5. The number of carbonyl (C=O) groups excluding carboxylic acids is 1. The van der Waals surface area contributed by atoms with Crippen LogP contribution < -0.4 is 5.32 Å². The molecule has 19 heavy (non-hydrogen) atoms. The van der Waals surface area contributed by atoms with Gasteiger partial charge in [0.1, 0.15) is 6.04 Å². The largest absolute Gasteiger partial charge is 0.465 e. The predicted octanol–water partition coefficient (Wildman–Crippen LogP) is 2.76. The summed E-state index contributed by atoms with van der Waals surface area (Å²) in [6, 6.07) is 3.33. The van der Waals surface area contributed by atoms with Crippen molar-refractivity contribution in [1.29, 1.82) is 0 Å². The maximum absolute atomic E-state index is 11.8. The summed E-state index contributed by atoms with van der Waals surface area (Å²) in [5.41, 5.74) is 0. The second-order valence-electron chi connectivity index (χ2n) is 3.88. The summed E-state index contributed by atoms with van der Waals surface area (Å²) < 4.78 is 5.05. The van der Waals surface area contributed by atoms with Gasteiger partial charge in [0, 0.05) is 11.9 Å². The van der Waals surface area contributed by atoms with Crippen molar-refractivity contribution in [3.05, 3.63) is 23.4 Å². The van der Waals surface area contributed by atoms with E-state index in [0.717, 1.165) is 18.0 Å². The standard InChI is InChI=1S/C13H19ClN2O2S/c1-3-7-15-11(13(17)18-4-2)9-19-12-6-5-10(14)8-16-12/h5-6,8,11,15H,3-4,7,9H2,1-2H3. The van der Waals surface area contributed by atoms with E-state index in [1.165, 1.54) is 11.8 Å². The fourth-order valence-corrected chi connectivity index (χ4v) is 2.38. The molecule has 0 saturated heterocycles. The molecule has 1 unspecified atom stereocenters. The molecule has 0 aliphatic rings. The number of nitrogens with one attached hydrogen (secondary N) is 1. The number of halogens is 1. The number of ether oxygens (including phenoxy) is 1. The van der Waals surface area contributed by atoms with Crippen LogP contribution in [-0.2, 0) is 9.53 Å². The third-order valence-electron chi connectivity index (χ3n) is 2.31. The Hall–Kier alpha value is -0.780. The molecule has 1 atom stereocenters. The molecule has 6 heteroatoms. The number of pyridine rings is 1. The maximum Gasteiger partial charge on any atom is 0.323 e. The second kappa shape index (κ2) is 9.18. The SMILES string of the molecule is CCCNC(CSc1ccc(Cl)cn1)C(=O)OCC. The van der Waals surface area contributed by atoms with Crippen LogP contribution in [0.1, 0.15) is 20.3 Å². The summed E-state index contributed by atoms with van der Waals surface area (Å²) in [4.78, 5) is 16.0. The van der Waals surface area contributed by atoms with E-state index in [9.17, 15) is 4.79 Å². The molecule has 4 nitrogen and oxygen atoms in total. The van der Waals surface area contributed by atoms with E-state index in [-0.39, 0.29) is 12.0 Å². The van der Waals surface area contributed by atoms with Crippen molar-refractivity contribution in [2.24, 2.45) is 0 Å². The average molecular weight is 303 g/mol. The van der Waals surface area contributed by atoms with Gasteiger partial charge in [-0.25, -0.2) is 4.98 Å². The van der Waals surface area contributed by atoms with E-state index in [1.807, 2.05) is 13.0 Å². The van der Waals surface area contributed by atoms with Gasteiger partial charge in [0.2, 0.25) is 0 Å². The van der Waals surface area contributed by atoms with Crippen molar-refractivity contribution < 1.29 is 9.53 Å². The fraction of sp³-hybridized carbons (Fsp3) is 0.538. The number of carbonyl (C=O) groups is 1. The van der Waals surface area contributed by atoms with Crippen molar-refractivity contribution in [2.45, 2.75) is 31.3 Å². The van der Waals surface area contributed by atoms with Crippen molar-refractivity contribution in [3.8, 4) is 0 Å². The molecule has 0 aromatic carbocycles. The zero-order valence-electron chi connectivity index (χ0n) is 11.2. The lowest BCUT2D eigenvalue weighted by atomic mass is 10.3. The Morgan fingerprint density at radius 1 is 1.53 bits per heavy atom. The van der Waals surface area contributed by atoms with E-state index >= 15 is 0 Å². The molecule has 0 radical (unpaired) electrons. The molecule has 1 aromatic rings. The smallest absolute Gasteiger partial charge is 0.323 e. The molecule has 1 aromatic heterocycles. The Bertz CT molecular complexity index is 387. The van der Waals surface area contributed by atoms with Crippen LogP contribution in [-0.4, -0.2) is 35.9 Å². The molecule has 1 N–H and O–H groups in total. The zero-order valence-corrected chi connectivity index (χ0v) is 12.8. The van der Waals surface area contributed by atoms with Gasteiger partial charge in [0.15, 0.2) is 0 Å². The highest BCUT2D eigenvalue weighted by Crippen LogP contribution is 2.18. The van der Waals surface area contributed by atoms with Gasteiger partial charge in [-0.3, -0.25) is 4.79 Å². The van der Waals surface area contributed by atoms with E-state index in [1.54, 1.807) is 12.3 Å². The monoisotopic (exact) mass is 302 g/mol. The minimum Gasteiger partial charge on any atom is -0.465 e. The molecule has 0 aliphatic heterocycles. The van der Waals surface area contributed by atoms with Gasteiger partial charge in [0.05, 0.1) is 16.7 Å². The lowest BCUT2D eigenvalue weighted by Gasteiger charge is -2.16. The van der Waals surface area contributed by atoms with Crippen LogP contribution in [0.15, 0.2) is 23.4 Å². The third-order valence-corrected chi connectivity index (χ3v) is 3.57. The fourth-order valence-electron chi connectivity index (χ4n) is 1.39. The van der Waals surface area contributed by atoms with E-state index in [0.29, 0.717) is 17.4 Å². The molecule has 0 fully saturated rings. The van der Waals surface area contributed by atoms with Crippen LogP contribution in [0.4, 0.5) is 0 Å². The number of esters is 1. The summed E-state index contributed by atoms with van der Waals surface area (Å²) in [7, 11) is 0. The van der Waals surface area contributed by atoms with Gasteiger partial charge >= 0.3 is 5.97 Å². The quantitative estimate of drug-likeness (QED) is 0.591. The van der Waals surface area contributed by atoms with Gasteiger partial charge in [-0.05, 0) is 32.0 Å². The summed E-state index contributed by atoms with van der Waals surface area (Å²) in [5.74, 6) is 0.380. The van der Waals surface area contributed by atoms with Crippen LogP contribution in [0.2, 0.25) is 5.02 Å². The molecule has 0 bridgehead atoms. The molecule has 1 rings (SSSR count). The summed E-state index contributed by atoms with van der Waals surface area (Å²) >= 11 is 7.29. The Kier molecular flexibility index (Phi) is 7.86. The van der Waals surface area contributed by atoms with Crippen molar-refractivity contribution >= 4 is 29.3 Å². The Morgan fingerprint density at radius 3 is 2.89 bits per heavy atom. The molecule has 0 aliphatic carbocycles. The molecule has 0 saturated carbocycles. The first-order valence-electron chi connectivity index (χ1n) is 6.31. The minimum absolute atomic E-state index is 0.211. The van der Waals surface area contributed by atoms with E-state index in [2.05, 4.69) is 17.2 Å². The van der Waals surface area contributed by atoms with Crippen LogP contribution in [0.25, 0.3) is 0 Å². The normalized spacial score (nSPS) is 12.2. The van der Waals surface area contributed by atoms with Crippen molar-refractivity contribution in [2.75, 3.05) is 18.9 Å². The molecule has 106 valence electrons. The number of nitrogens with zero attached hydrogens (tertiary/aromatic N) is 1. The van der Waals surface area contributed by atoms with Gasteiger partial charge < -0.3 is 10.1 Å². The maximum atomic E-state index is 11.8. The highest BCUT2D eigenvalue weighted by molar-refractivity contribution is 7.99. The van der Waals surface area contributed by atoms with Gasteiger partial charge in [0.25, 0.3) is 0 Å². The minimum atomic E-state index is -0.303. The van der Waals surface area contributed by atoms with Crippen molar-refractivity contribution in [3.63, 3.8) is 0 Å². The summed E-state index contributed by atoms with van der Waals surface area (Å²) in [5, 5.41) is 4.64. The Balaban J connectivity index is 2.51. The Morgan fingerprint density at radius 2 is 2.32 bits per heavy atom. The number of rotatable bonds is 8. The number of aromatic nitrogens is 1. The van der Waals surface area contributed by atoms with E-state index in [4.69, 9.17) is 16.3 Å². The third kappa shape index (κ3) is 6.27. The molecular formula is C13H19ClN2O2S. The molecular weight excluding hydrogens is 284 g/mol. The first-order chi connectivity index (χ1) is 9.17. The highest BCUT2D eigenvalue weighted by Gasteiger charge is 2.19. The van der Waals surface area contributed by atoms with Gasteiger partial charge in [-0.2, -0.15) is 0 Å². The lowest BCUT2D eigenvalue weighted by Crippen LogP contribution is -2.40. The number of hydrogen-bond donors (Lipinski definition) is 1. The van der Waals surface area contributed by atoms with Crippen LogP contribution in [0, 0.1) is 0 Å². The molecule has 1 heterocycles. The topological polar surface area (TPSA) is 51.2 Å². The second-order valence-corrected chi connectivity index (χ2v) is 5.36. The summed E-state index contributed by atoms with van der Waals surface area (Å²) in [6.07, 6.45) is 2.57. The Labute approximate surface area is 123 Å². The van der Waals surface area contributed by atoms with Crippen LogP contribution in [0.3, 0.4) is 0 Å². The van der Waals surface area contributed by atoms with Gasteiger partial charge in [-0.15, -0.1) is 11.8 Å². The van der Waals surface area contributed by atoms with Crippen molar-refractivity contribution in [1.82, 2.24) is 10.3 Å². The first kappa shape index (κ1) is 16.3. The zero-order chi connectivity index (χ0) is 14.1.